The average molecular weight is 239 g/mol. The summed E-state index contributed by atoms with van der Waals surface area (Å²) in [6.07, 6.45) is 0.860. The van der Waals surface area contributed by atoms with Crippen molar-refractivity contribution in [1.29, 1.82) is 0 Å². The van der Waals surface area contributed by atoms with Crippen LogP contribution in [0.25, 0.3) is 0 Å². The second kappa shape index (κ2) is 3.09. The SMILES string of the molecule is CNC(=O)[C@]12CC[C@@](C)(C(=O)OC1=O)C2(C)C. The van der Waals surface area contributed by atoms with Crippen LogP contribution in [0.3, 0.4) is 0 Å². The van der Waals surface area contributed by atoms with E-state index >= 15 is 0 Å². The maximum Gasteiger partial charge on any atom is 0.329 e. The number of esters is 2. The van der Waals surface area contributed by atoms with Crippen molar-refractivity contribution in [2.75, 3.05) is 7.05 Å². The minimum absolute atomic E-state index is 0.358. The number of rotatable bonds is 1. The van der Waals surface area contributed by atoms with Gasteiger partial charge in [-0.3, -0.25) is 14.4 Å². The molecule has 2 atom stereocenters. The molecule has 0 unspecified atom stereocenters. The number of fused-ring (bicyclic) bond motifs is 2. The van der Waals surface area contributed by atoms with Gasteiger partial charge in [-0.05, 0) is 19.8 Å². The highest BCUT2D eigenvalue weighted by Crippen LogP contribution is 2.66. The molecule has 2 aliphatic rings. The molecule has 0 spiro atoms. The molecule has 1 saturated carbocycles. The van der Waals surface area contributed by atoms with Crippen molar-refractivity contribution >= 4 is 17.8 Å². The Bertz CT molecular complexity index is 428. The zero-order chi connectivity index (χ0) is 13.1. The number of cyclic esters (lactones) is 2. The molecule has 1 N–H and O–H groups in total. The predicted octanol–water partition coefficient (Wildman–Crippen LogP) is 0.628. The van der Waals surface area contributed by atoms with E-state index in [2.05, 4.69) is 5.32 Å². The third-order valence-electron chi connectivity index (χ3n) is 5.05. The Morgan fingerprint density at radius 2 is 1.76 bits per heavy atom. The first kappa shape index (κ1) is 12.1. The van der Waals surface area contributed by atoms with Gasteiger partial charge in [0.1, 0.15) is 0 Å². The summed E-state index contributed by atoms with van der Waals surface area (Å²) in [5.41, 5.74) is -2.73. The van der Waals surface area contributed by atoms with E-state index in [4.69, 9.17) is 4.74 Å². The van der Waals surface area contributed by atoms with Crippen LogP contribution >= 0.6 is 0 Å². The first-order chi connectivity index (χ1) is 7.74. The van der Waals surface area contributed by atoms with Crippen LogP contribution in [0.1, 0.15) is 33.6 Å². The number of nitrogens with one attached hydrogen (secondary N) is 1. The fourth-order valence-corrected chi connectivity index (χ4v) is 3.24. The lowest BCUT2D eigenvalue weighted by Crippen LogP contribution is -2.61. The first-order valence-corrected chi connectivity index (χ1v) is 5.73. The smallest absolute Gasteiger partial charge is 0.329 e. The summed E-state index contributed by atoms with van der Waals surface area (Å²) >= 11 is 0. The van der Waals surface area contributed by atoms with Crippen molar-refractivity contribution in [2.24, 2.45) is 16.2 Å². The number of carbonyl (C=O) groups excluding carboxylic acids is 3. The summed E-state index contributed by atoms with van der Waals surface area (Å²) < 4.78 is 4.80. The van der Waals surface area contributed by atoms with Crippen LogP contribution in [0.5, 0.6) is 0 Å². The van der Waals surface area contributed by atoms with E-state index in [1.807, 2.05) is 0 Å². The van der Waals surface area contributed by atoms with Gasteiger partial charge in [0.2, 0.25) is 5.91 Å². The van der Waals surface area contributed by atoms with Crippen LogP contribution in [0.2, 0.25) is 0 Å². The van der Waals surface area contributed by atoms with E-state index < -0.39 is 28.2 Å². The van der Waals surface area contributed by atoms with Gasteiger partial charge in [-0.2, -0.15) is 0 Å². The molecule has 94 valence electrons. The van der Waals surface area contributed by atoms with E-state index in [9.17, 15) is 14.4 Å². The van der Waals surface area contributed by atoms with Crippen LogP contribution in [0.4, 0.5) is 0 Å². The van der Waals surface area contributed by atoms with Crippen LogP contribution in [-0.2, 0) is 19.1 Å². The molecule has 2 fully saturated rings. The highest BCUT2D eigenvalue weighted by molar-refractivity contribution is 6.11. The van der Waals surface area contributed by atoms with Crippen molar-refractivity contribution in [3.63, 3.8) is 0 Å². The van der Waals surface area contributed by atoms with E-state index in [-0.39, 0.29) is 5.91 Å². The quantitative estimate of drug-likeness (QED) is 0.538. The molecule has 5 nitrogen and oxygen atoms in total. The van der Waals surface area contributed by atoms with Crippen molar-refractivity contribution in [2.45, 2.75) is 33.6 Å². The Kier molecular flexibility index (Phi) is 2.19. The molecule has 2 rings (SSSR count). The zero-order valence-electron chi connectivity index (χ0n) is 10.5. The molecule has 1 saturated heterocycles. The minimum atomic E-state index is -1.23. The third kappa shape index (κ3) is 1.02. The van der Waals surface area contributed by atoms with Gasteiger partial charge >= 0.3 is 11.9 Å². The van der Waals surface area contributed by atoms with Crippen molar-refractivity contribution < 1.29 is 19.1 Å². The lowest BCUT2D eigenvalue weighted by molar-refractivity contribution is -0.196. The van der Waals surface area contributed by atoms with E-state index in [1.165, 1.54) is 7.05 Å². The summed E-state index contributed by atoms with van der Waals surface area (Å²) in [7, 11) is 1.49. The van der Waals surface area contributed by atoms with Crippen LogP contribution < -0.4 is 5.32 Å². The van der Waals surface area contributed by atoms with Gasteiger partial charge in [-0.25, -0.2) is 0 Å². The Balaban J connectivity index is 2.64. The highest BCUT2D eigenvalue weighted by atomic mass is 16.6. The van der Waals surface area contributed by atoms with E-state index in [0.29, 0.717) is 12.8 Å². The average Bonchev–Trinajstić information content (AvgIpc) is 2.40. The molecule has 0 aromatic rings. The van der Waals surface area contributed by atoms with Gasteiger partial charge in [-0.15, -0.1) is 0 Å². The van der Waals surface area contributed by atoms with Gasteiger partial charge in [0.15, 0.2) is 5.41 Å². The Labute approximate surface area is 99.9 Å². The van der Waals surface area contributed by atoms with Crippen molar-refractivity contribution in [3.05, 3.63) is 0 Å². The van der Waals surface area contributed by atoms with Gasteiger partial charge < -0.3 is 10.1 Å². The van der Waals surface area contributed by atoms with Crippen LogP contribution in [0.15, 0.2) is 0 Å². The molecule has 0 aromatic heterocycles. The summed E-state index contributed by atoms with van der Waals surface area (Å²) in [5, 5.41) is 2.52. The molecule has 1 aliphatic carbocycles. The first-order valence-electron chi connectivity index (χ1n) is 5.73. The number of amides is 1. The maximum absolute atomic E-state index is 12.1. The molecular weight excluding hydrogens is 222 g/mol. The number of carbonyl (C=O) groups is 3. The number of ether oxygens (including phenoxy) is 1. The molecule has 0 aromatic carbocycles. The summed E-state index contributed by atoms with van der Waals surface area (Å²) in [5.74, 6) is -1.57. The monoisotopic (exact) mass is 239 g/mol. The summed E-state index contributed by atoms with van der Waals surface area (Å²) in [4.78, 5) is 36.0. The Hall–Kier alpha value is -1.39. The predicted molar refractivity (Wildman–Crippen MR) is 58.7 cm³/mol. The maximum atomic E-state index is 12.1. The zero-order valence-corrected chi connectivity index (χ0v) is 10.5. The van der Waals surface area contributed by atoms with Crippen molar-refractivity contribution in [3.8, 4) is 0 Å². The molecule has 5 heteroatoms. The van der Waals surface area contributed by atoms with Gasteiger partial charge in [-0.1, -0.05) is 13.8 Å². The Morgan fingerprint density at radius 1 is 1.18 bits per heavy atom. The number of hydrogen-bond donors (Lipinski definition) is 1. The van der Waals surface area contributed by atoms with Gasteiger partial charge in [0.25, 0.3) is 0 Å². The van der Waals surface area contributed by atoms with Gasteiger partial charge in [0.05, 0.1) is 5.41 Å². The fourth-order valence-electron chi connectivity index (χ4n) is 3.24. The van der Waals surface area contributed by atoms with Crippen LogP contribution in [0, 0.1) is 16.2 Å². The van der Waals surface area contributed by atoms with E-state index in [1.54, 1.807) is 20.8 Å². The molecule has 1 aliphatic heterocycles. The summed E-state index contributed by atoms with van der Waals surface area (Å²) in [6, 6.07) is 0. The highest BCUT2D eigenvalue weighted by Gasteiger charge is 2.75. The molecule has 2 bridgehead atoms. The molecule has 17 heavy (non-hydrogen) atoms. The number of hydrogen-bond acceptors (Lipinski definition) is 4. The summed E-state index contributed by atoms with van der Waals surface area (Å²) in [6.45, 7) is 5.37. The second-order valence-corrected chi connectivity index (χ2v) is 5.62. The fraction of sp³-hybridized carbons (Fsp3) is 0.750. The van der Waals surface area contributed by atoms with Crippen LogP contribution in [-0.4, -0.2) is 24.9 Å². The molecule has 1 amide bonds. The normalized spacial score (nSPS) is 38.8. The van der Waals surface area contributed by atoms with Crippen molar-refractivity contribution in [1.82, 2.24) is 5.32 Å². The second-order valence-electron chi connectivity index (χ2n) is 5.62. The molecular formula is C12H17NO4. The van der Waals surface area contributed by atoms with Gasteiger partial charge in [0, 0.05) is 12.5 Å². The third-order valence-corrected chi connectivity index (χ3v) is 5.05. The molecule has 0 radical (unpaired) electrons. The Morgan fingerprint density at radius 3 is 2.29 bits per heavy atom. The largest absolute Gasteiger partial charge is 0.392 e. The van der Waals surface area contributed by atoms with E-state index in [0.717, 1.165) is 0 Å². The minimum Gasteiger partial charge on any atom is -0.392 e. The lowest BCUT2D eigenvalue weighted by atomic mass is 9.57. The molecule has 1 heterocycles. The lowest BCUT2D eigenvalue weighted by Gasteiger charge is -2.47. The standard InChI is InChI=1S/C12H17NO4/c1-10(2)11(3)5-6-12(10,7(14)13-4)9(16)17-8(11)15/h5-6H2,1-4H3,(H,13,14)/t11-,12+/m0/s1. The topological polar surface area (TPSA) is 72.5 Å².